The zero-order valence-corrected chi connectivity index (χ0v) is 19.1. The number of nitrogens with one attached hydrogen (secondary N) is 1. The molecule has 5 nitrogen and oxygen atoms in total. The number of aromatic nitrogens is 1. The normalized spacial score (nSPS) is 12.4. The molecule has 0 saturated carbocycles. The summed E-state index contributed by atoms with van der Waals surface area (Å²) in [6.07, 6.45) is 16.1. The third-order valence-corrected chi connectivity index (χ3v) is 4.48. The molecule has 0 aliphatic carbocycles. The molecule has 0 bridgehead atoms. The Morgan fingerprint density at radius 2 is 2.04 bits per heavy atom. The van der Waals surface area contributed by atoms with Crippen molar-refractivity contribution < 1.29 is 0 Å². The van der Waals surface area contributed by atoms with Crippen molar-refractivity contribution in [2.45, 2.75) is 58.4 Å². The summed E-state index contributed by atoms with van der Waals surface area (Å²) in [5, 5.41) is 9.48. The molecule has 0 spiro atoms. The number of pyridine rings is 1. The van der Waals surface area contributed by atoms with Gasteiger partial charge in [0.15, 0.2) is 0 Å². The van der Waals surface area contributed by atoms with Crippen LogP contribution in [-0.2, 0) is 6.54 Å². The third-order valence-electron chi connectivity index (χ3n) is 4.27. The Morgan fingerprint density at radius 3 is 2.68 bits per heavy atom. The quantitative estimate of drug-likeness (QED) is 0.183. The van der Waals surface area contributed by atoms with Crippen molar-refractivity contribution >= 4 is 28.0 Å². The van der Waals surface area contributed by atoms with Crippen LogP contribution in [0.15, 0.2) is 57.5 Å². The van der Waals surface area contributed by atoms with Crippen molar-refractivity contribution in [3.63, 3.8) is 0 Å². The Morgan fingerprint density at radius 1 is 1.29 bits per heavy atom. The Hall–Kier alpha value is -1.95. The zero-order chi connectivity index (χ0) is 20.6. The van der Waals surface area contributed by atoms with Gasteiger partial charge in [0.05, 0.1) is 12.8 Å². The van der Waals surface area contributed by atoms with E-state index in [1.807, 2.05) is 32.4 Å². The average Bonchev–Trinajstić information content (AvgIpc) is 2.71. The van der Waals surface area contributed by atoms with Gasteiger partial charge in [0, 0.05) is 42.7 Å². The SMILES string of the molecule is C=C(Br)/C=N\N(C)C(C=C(CCCCCCCC)NC)=NCc1cccnc1. The van der Waals surface area contributed by atoms with Crippen LogP contribution in [0.1, 0.15) is 57.4 Å². The molecule has 0 unspecified atom stereocenters. The molecule has 0 saturated heterocycles. The predicted octanol–water partition coefficient (Wildman–Crippen LogP) is 5.66. The van der Waals surface area contributed by atoms with Crippen LogP contribution in [0.25, 0.3) is 0 Å². The molecule has 1 aromatic rings. The van der Waals surface area contributed by atoms with Gasteiger partial charge in [0.25, 0.3) is 0 Å². The Labute approximate surface area is 178 Å². The van der Waals surface area contributed by atoms with Crippen molar-refractivity contribution in [1.82, 2.24) is 15.3 Å². The molecule has 0 aromatic carbocycles. The van der Waals surface area contributed by atoms with Gasteiger partial charge in [0.2, 0.25) is 0 Å². The molecule has 1 heterocycles. The van der Waals surface area contributed by atoms with Crippen LogP contribution in [0.4, 0.5) is 0 Å². The number of hydrogen-bond donors (Lipinski definition) is 1. The fourth-order valence-corrected chi connectivity index (χ4v) is 2.73. The van der Waals surface area contributed by atoms with E-state index in [-0.39, 0.29) is 0 Å². The van der Waals surface area contributed by atoms with E-state index < -0.39 is 0 Å². The highest BCUT2D eigenvalue weighted by Crippen LogP contribution is 2.11. The Balaban J connectivity index is 2.82. The number of unbranched alkanes of at least 4 members (excludes halogenated alkanes) is 5. The van der Waals surface area contributed by atoms with Crippen LogP contribution < -0.4 is 5.32 Å². The van der Waals surface area contributed by atoms with Crippen LogP contribution in [-0.4, -0.2) is 36.1 Å². The molecule has 0 radical (unpaired) electrons. The monoisotopic (exact) mass is 447 g/mol. The topological polar surface area (TPSA) is 52.9 Å². The van der Waals surface area contributed by atoms with Crippen LogP contribution in [0, 0.1) is 0 Å². The molecule has 0 amide bonds. The third kappa shape index (κ3) is 11.0. The van der Waals surface area contributed by atoms with Crippen LogP contribution in [0.3, 0.4) is 0 Å². The summed E-state index contributed by atoms with van der Waals surface area (Å²) in [4.78, 5) is 8.91. The minimum atomic E-state index is 0.558. The van der Waals surface area contributed by atoms with Crippen LogP contribution in [0.2, 0.25) is 0 Å². The molecule has 0 fully saturated rings. The summed E-state index contributed by atoms with van der Waals surface area (Å²) in [5.74, 6) is 0.796. The van der Waals surface area contributed by atoms with Crippen molar-refractivity contribution in [2.24, 2.45) is 10.1 Å². The summed E-state index contributed by atoms with van der Waals surface area (Å²) >= 11 is 3.31. The summed E-state index contributed by atoms with van der Waals surface area (Å²) in [5.41, 5.74) is 2.23. The fraction of sp³-hybridized carbons (Fsp3) is 0.500. The largest absolute Gasteiger partial charge is 0.391 e. The average molecular weight is 448 g/mol. The van der Waals surface area contributed by atoms with E-state index in [2.05, 4.69) is 50.9 Å². The van der Waals surface area contributed by atoms with Gasteiger partial charge in [0.1, 0.15) is 5.84 Å². The lowest BCUT2D eigenvalue weighted by Crippen LogP contribution is -2.22. The molecule has 1 N–H and O–H groups in total. The van der Waals surface area contributed by atoms with Gasteiger partial charge in [-0.3, -0.25) is 15.0 Å². The van der Waals surface area contributed by atoms with Crippen LogP contribution >= 0.6 is 15.9 Å². The van der Waals surface area contributed by atoms with Crippen molar-refractivity contribution in [3.8, 4) is 0 Å². The smallest absolute Gasteiger partial charge is 0.145 e. The van der Waals surface area contributed by atoms with E-state index in [1.54, 1.807) is 17.4 Å². The van der Waals surface area contributed by atoms with Gasteiger partial charge < -0.3 is 5.32 Å². The zero-order valence-electron chi connectivity index (χ0n) is 17.5. The van der Waals surface area contributed by atoms with Gasteiger partial charge in [-0.05, 0) is 40.4 Å². The maximum absolute atomic E-state index is 4.76. The number of halogens is 1. The minimum Gasteiger partial charge on any atom is -0.391 e. The highest BCUT2D eigenvalue weighted by Gasteiger charge is 2.05. The summed E-state index contributed by atoms with van der Waals surface area (Å²) in [6, 6.07) is 3.95. The van der Waals surface area contributed by atoms with Gasteiger partial charge >= 0.3 is 0 Å². The lowest BCUT2D eigenvalue weighted by atomic mass is 10.1. The molecule has 0 aliphatic rings. The molecule has 6 heteroatoms. The predicted molar refractivity (Wildman–Crippen MR) is 125 cm³/mol. The summed E-state index contributed by atoms with van der Waals surface area (Å²) < 4.78 is 0.718. The number of likely N-dealkylation sites (N-methyl/N-ethyl adjacent to an activating group) is 1. The molecule has 1 aromatic heterocycles. The Kier molecular flexibility index (Phi) is 12.9. The van der Waals surface area contributed by atoms with Crippen LogP contribution in [0.5, 0.6) is 0 Å². The first kappa shape index (κ1) is 24.1. The second-order valence-corrected chi connectivity index (χ2v) is 7.71. The minimum absolute atomic E-state index is 0.558. The molecule has 0 atom stereocenters. The number of hydrogen-bond acceptors (Lipinski definition) is 4. The number of amidine groups is 1. The van der Waals surface area contributed by atoms with E-state index in [1.165, 1.54) is 44.2 Å². The second kappa shape index (κ2) is 15.0. The van der Waals surface area contributed by atoms with E-state index in [0.717, 1.165) is 22.3 Å². The summed E-state index contributed by atoms with van der Waals surface area (Å²) in [7, 11) is 3.86. The van der Waals surface area contributed by atoms with Crippen molar-refractivity contribution in [1.29, 1.82) is 0 Å². The van der Waals surface area contributed by atoms with Gasteiger partial charge in [-0.25, -0.2) is 0 Å². The van der Waals surface area contributed by atoms with Gasteiger partial charge in [-0.2, -0.15) is 5.10 Å². The van der Waals surface area contributed by atoms with E-state index in [4.69, 9.17) is 4.99 Å². The second-order valence-electron chi connectivity index (χ2n) is 6.69. The van der Waals surface area contributed by atoms with E-state index in [9.17, 15) is 0 Å². The molecule has 1 rings (SSSR count). The maximum atomic E-state index is 4.76. The van der Waals surface area contributed by atoms with E-state index in [0.29, 0.717) is 6.54 Å². The number of rotatable bonds is 13. The fourth-order valence-electron chi connectivity index (χ4n) is 2.63. The molecular formula is C22H34BrN5. The lowest BCUT2D eigenvalue weighted by Gasteiger charge is -2.15. The molecule has 154 valence electrons. The maximum Gasteiger partial charge on any atom is 0.145 e. The first-order valence-electron chi connectivity index (χ1n) is 10.0. The molecule has 0 aliphatic heterocycles. The molecule has 28 heavy (non-hydrogen) atoms. The number of hydrazone groups is 1. The highest BCUT2D eigenvalue weighted by atomic mass is 79.9. The summed E-state index contributed by atoms with van der Waals surface area (Å²) in [6.45, 7) is 6.60. The van der Waals surface area contributed by atoms with Crippen molar-refractivity contribution in [2.75, 3.05) is 14.1 Å². The lowest BCUT2D eigenvalue weighted by molar-refractivity contribution is 0.546. The first-order chi connectivity index (χ1) is 13.6. The first-order valence-corrected chi connectivity index (χ1v) is 10.8. The number of aliphatic imine (C=N–C) groups is 1. The molecular weight excluding hydrogens is 414 g/mol. The number of allylic oxidation sites excluding steroid dienone is 2. The van der Waals surface area contributed by atoms with Crippen molar-refractivity contribution in [3.05, 3.63) is 52.9 Å². The highest BCUT2D eigenvalue weighted by molar-refractivity contribution is 9.12. The number of nitrogens with zero attached hydrogens (tertiary/aromatic N) is 4. The van der Waals surface area contributed by atoms with Gasteiger partial charge in [-0.15, -0.1) is 0 Å². The van der Waals surface area contributed by atoms with Gasteiger partial charge in [-0.1, -0.05) is 51.7 Å². The Bertz CT molecular complexity index is 652. The van der Waals surface area contributed by atoms with E-state index >= 15 is 0 Å². The standard InChI is InChI=1S/C22H34BrN5/c1-5-6-7-8-9-10-13-21(24-3)15-22(28(4)27-16-19(2)23)26-18-20-12-11-14-25-17-20/h11-12,14-17,24H,2,5-10,13,18H2,1,3-4H3/b21-15?,26-22?,27-16-.